The van der Waals surface area contributed by atoms with Crippen molar-refractivity contribution >= 4 is 0 Å². The van der Waals surface area contributed by atoms with Gasteiger partial charge in [-0.05, 0) is 29.5 Å². The van der Waals surface area contributed by atoms with E-state index in [0.29, 0.717) is 0 Å². The second-order valence-corrected chi connectivity index (χ2v) is 3.19. The van der Waals surface area contributed by atoms with Crippen LogP contribution in [0.15, 0.2) is 18.2 Å². The molecule has 0 aliphatic heterocycles. The summed E-state index contributed by atoms with van der Waals surface area (Å²) in [7, 11) is 1.76. The summed E-state index contributed by atoms with van der Waals surface area (Å²) in [6.07, 6.45) is 2.18. The fourth-order valence-corrected chi connectivity index (χ4v) is 1.68. The highest BCUT2D eigenvalue weighted by Gasteiger charge is 2.04. The molecule has 0 aromatic heterocycles. The summed E-state index contributed by atoms with van der Waals surface area (Å²) < 4.78 is 5.21. The molecule has 1 aromatic rings. The first-order valence-corrected chi connectivity index (χ1v) is 4.92. The van der Waals surface area contributed by atoms with E-state index in [0.717, 1.165) is 19.4 Å². The predicted octanol–water partition coefficient (Wildman–Crippen LogP) is 2.96. The van der Waals surface area contributed by atoms with Gasteiger partial charge in [-0.3, -0.25) is 0 Å². The molecule has 1 nitrogen and oxygen atoms in total. The number of benzene rings is 1. The monoisotopic (exact) mass is 178 g/mol. The molecule has 0 atom stereocenters. The molecule has 0 spiro atoms. The second-order valence-electron chi connectivity index (χ2n) is 3.19. The molecule has 13 heavy (non-hydrogen) atoms. The van der Waals surface area contributed by atoms with E-state index in [2.05, 4.69) is 32.0 Å². The lowest BCUT2D eigenvalue weighted by molar-refractivity contribution is 0.183. The zero-order valence-electron chi connectivity index (χ0n) is 8.76. The maximum absolute atomic E-state index is 5.21. The third kappa shape index (κ3) is 2.31. The van der Waals surface area contributed by atoms with E-state index in [-0.39, 0.29) is 0 Å². The Morgan fingerprint density at radius 1 is 1.08 bits per heavy atom. The molecule has 0 saturated carbocycles. The molecule has 0 saturated heterocycles. The van der Waals surface area contributed by atoms with Gasteiger partial charge in [0.2, 0.25) is 0 Å². The van der Waals surface area contributed by atoms with Crippen molar-refractivity contribution in [2.24, 2.45) is 0 Å². The molecule has 1 heteroatoms. The van der Waals surface area contributed by atoms with Crippen LogP contribution in [0.2, 0.25) is 0 Å². The van der Waals surface area contributed by atoms with Gasteiger partial charge in [-0.15, -0.1) is 0 Å². The summed E-state index contributed by atoms with van der Waals surface area (Å²) in [5.74, 6) is 0. The number of rotatable bonds is 4. The van der Waals surface area contributed by atoms with E-state index >= 15 is 0 Å². The van der Waals surface area contributed by atoms with E-state index in [1.54, 1.807) is 7.11 Å². The van der Waals surface area contributed by atoms with Crippen molar-refractivity contribution in [3.05, 3.63) is 34.9 Å². The van der Waals surface area contributed by atoms with Gasteiger partial charge in [0, 0.05) is 7.11 Å². The predicted molar refractivity (Wildman–Crippen MR) is 55.9 cm³/mol. The third-order valence-electron chi connectivity index (χ3n) is 2.42. The molecule has 1 rings (SSSR count). The van der Waals surface area contributed by atoms with Crippen molar-refractivity contribution in [3.8, 4) is 0 Å². The van der Waals surface area contributed by atoms with Crippen molar-refractivity contribution in [1.29, 1.82) is 0 Å². The maximum atomic E-state index is 5.21. The Balaban J connectivity index is 3.05. The first kappa shape index (κ1) is 10.3. The molecule has 0 radical (unpaired) electrons. The van der Waals surface area contributed by atoms with E-state index in [1.807, 2.05) is 0 Å². The highest BCUT2D eigenvalue weighted by molar-refractivity contribution is 5.34. The minimum atomic E-state index is 0.743. The van der Waals surface area contributed by atoms with Crippen LogP contribution in [0.1, 0.15) is 30.5 Å². The summed E-state index contributed by atoms with van der Waals surface area (Å²) in [6, 6.07) is 6.51. The number of ether oxygens (including phenoxy) is 1. The molecule has 1 aromatic carbocycles. The van der Waals surface area contributed by atoms with E-state index in [4.69, 9.17) is 4.74 Å². The first-order chi connectivity index (χ1) is 6.33. The molecule has 0 unspecified atom stereocenters. The first-order valence-electron chi connectivity index (χ1n) is 4.92. The average molecular weight is 178 g/mol. The summed E-state index contributed by atoms with van der Waals surface area (Å²) in [5.41, 5.74) is 4.22. The Morgan fingerprint density at radius 3 is 2.00 bits per heavy atom. The van der Waals surface area contributed by atoms with Gasteiger partial charge in [0.25, 0.3) is 0 Å². The van der Waals surface area contributed by atoms with Crippen molar-refractivity contribution in [2.75, 3.05) is 7.11 Å². The van der Waals surface area contributed by atoms with Gasteiger partial charge in [0.1, 0.15) is 0 Å². The van der Waals surface area contributed by atoms with Gasteiger partial charge in [-0.2, -0.15) is 0 Å². The van der Waals surface area contributed by atoms with Gasteiger partial charge in [-0.25, -0.2) is 0 Å². The molecule has 0 bridgehead atoms. The molecule has 0 N–H and O–H groups in total. The zero-order valence-corrected chi connectivity index (χ0v) is 8.76. The Kier molecular flexibility index (Phi) is 3.97. The average Bonchev–Trinajstić information content (AvgIpc) is 2.18. The Bertz CT molecular complexity index is 244. The van der Waals surface area contributed by atoms with Crippen molar-refractivity contribution in [1.82, 2.24) is 0 Å². The van der Waals surface area contributed by atoms with Gasteiger partial charge in [0.05, 0.1) is 6.61 Å². The molecule has 0 fully saturated rings. The Labute approximate surface area is 80.7 Å². The summed E-state index contributed by atoms with van der Waals surface area (Å²) in [4.78, 5) is 0. The minimum Gasteiger partial charge on any atom is -0.380 e. The molecule has 72 valence electrons. The largest absolute Gasteiger partial charge is 0.380 e. The lowest BCUT2D eigenvalue weighted by Gasteiger charge is -2.11. The lowest BCUT2D eigenvalue weighted by atomic mass is 9.98. The normalized spacial score (nSPS) is 10.4. The topological polar surface area (TPSA) is 9.23 Å². The van der Waals surface area contributed by atoms with Crippen molar-refractivity contribution in [2.45, 2.75) is 33.3 Å². The zero-order chi connectivity index (χ0) is 9.68. The summed E-state index contributed by atoms with van der Waals surface area (Å²) in [5, 5.41) is 0. The standard InChI is InChI=1S/C12H18O/c1-4-10-7-6-8-11(5-2)12(10)9-13-3/h6-8H,4-5,9H2,1-3H3. The fourth-order valence-electron chi connectivity index (χ4n) is 1.68. The third-order valence-corrected chi connectivity index (χ3v) is 2.42. The van der Waals surface area contributed by atoms with E-state index in [9.17, 15) is 0 Å². The number of methoxy groups -OCH3 is 1. The summed E-state index contributed by atoms with van der Waals surface area (Å²) >= 11 is 0. The molecule has 0 amide bonds. The van der Waals surface area contributed by atoms with Crippen LogP contribution < -0.4 is 0 Å². The van der Waals surface area contributed by atoms with Gasteiger partial charge < -0.3 is 4.74 Å². The molecular formula is C12H18O. The highest BCUT2D eigenvalue weighted by Crippen LogP contribution is 2.17. The summed E-state index contributed by atoms with van der Waals surface area (Å²) in [6.45, 7) is 5.12. The van der Waals surface area contributed by atoms with Crippen LogP contribution >= 0.6 is 0 Å². The molecule has 0 aliphatic rings. The smallest absolute Gasteiger partial charge is 0.0718 e. The molecule has 0 aliphatic carbocycles. The SMILES string of the molecule is CCc1cccc(CC)c1COC. The van der Waals surface area contributed by atoms with E-state index < -0.39 is 0 Å². The molecule has 0 heterocycles. The van der Waals surface area contributed by atoms with Gasteiger partial charge in [0.15, 0.2) is 0 Å². The van der Waals surface area contributed by atoms with Crippen LogP contribution in [-0.4, -0.2) is 7.11 Å². The number of hydrogen-bond acceptors (Lipinski definition) is 1. The number of hydrogen-bond donors (Lipinski definition) is 0. The molecular weight excluding hydrogens is 160 g/mol. The van der Waals surface area contributed by atoms with Crippen LogP contribution in [0.25, 0.3) is 0 Å². The van der Waals surface area contributed by atoms with Crippen molar-refractivity contribution in [3.63, 3.8) is 0 Å². The van der Waals surface area contributed by atoms with Crippen LogP contribution in [0, 0.1) is 0 Å². The van der Waals surface area contributed by atoms with Crippen LogP contribution in [0.4, 0.5) is 0 Å². The minimum absolute atomic E-state index is 0.743. The van der Waals surface area contributed by atoms with Crippen LogP contribution in [0.5, 0.6) is 0 Å². The lowest BCUT2D eigenvalue weighted by Crippen LogP contribution is -1.99. The highest BCUT2D eigenvalue weighted by atomic mass is 16.5. The number of aryl methyl sites for hydroxylation is 2. The second kappa shape index (κ2) is 5.03. The van der Waals surface area contributed by atoms with E-state index in [1.165, 1.54) is 16.7 Å². The Hall–Kier alpha value is -0.820. The van der Waals surface area contributed by atoms with Gasteiger partial charge in [-0.1, -0.05) is 32.0 Å². The van der Waals surface area contributed by atoms with Gasteiger partial charge >= 0.3 is 0 Å². The van der Waals surface area contributed by atoms with Crippen LogP contribution in [-0.2, 0) is 24.2 Å². The maximum Gasteiger partial charge on any atom is 0.0718 e. The van der Waals surface area contributed by atoms with Crippen LogP contribution in [0.3, 0.4) is 0 Å². The quantitative estimate of drug-likeness (QED) is 0.688. The fraction of sp³-hybridized carbons (Fsp3) is 0.500. The Morgan fingerprint density at radius 2 is 1.62 bits per heavy atom. The van der Waals surface area contributed by atoms with Crippen molar-refractivity contribution < 1.29 is 4.74 Å².